The monoisotopic (exact) mass is 314 g/mol. The van der Waals surface area contributed by atoms with Crippen LogP contribution in [-0.4, -0.2) is 40.9 Å². The summed E-state index contributed by atoms with van der Waals surface area (Å²) in [6.07, 6.45) is 6.69. The number of rotatable bonds is 4. The minimum absolute atomic E-state index is 0.195. The second-order valence-corrected chi connectivity index (χ2v) is 7.06. The van der Waals surface area contributed by atoms with E-state index in [1.54, 1.807) is 0 Å². The Morgan fingerprint density at radius 3 is 2.78 bits per heavy atom. The van der Waals surface area contributed by atoms with Crippen molar-refractivity contribution in [3.8, 4) is 0 Å². The van der Waals surface area contributed by atoms with Gasteiger partial charge in [-0.1, -0.05) is 12.1 Å². The number of halogens is 1. The maximum atomic E-state index is 13.0. The number of nitrogens with one attached hydrogen (secondary N) is 1. The van der Waals surface area contributed by atoms with Crippen molar-refractivity contribution in [1.82, 2.24) is 20.0 Å². The molecule has 23 heavy (non-hydrogen) atoms. The van der Waals surface area contributed by atoms with E-state index < -0.39 is 0 Å². The van der Waals surface area contributed by atoms with E-state index in [4.69, 9.17) is 0 Å². The Bertz CT molecular complexity index is 658. The van der Waals surface area contributed by atoms with Crippen LogP contribution in [0.3, 0.4) is 0 Å². The fourth-order valence-electron chi connectivity index (χ4n) is 3.92. The average molecular weight is 314 g/mol. The van der Waals surface area contributed by atoms with Crippen LogP contribution in [0.25, 0.3) is 0 Å². The van der Waals surface area contributed by atoms with Gasteiger partial charge in [0, 0.05) is 31.4 Å². The summed E-state index contributed by atoms with van der Waals surface area (Å²) in [4.78, 5) is 2.55. The number of aromatic nitrogens is 2. The molecule has 122 valence electrons. The quantitative estimate of drug-likeness (QED) is 0.940. The van der Waals surface area contributed by atoms with Crippen LogP contribution in [0.5, 0.6) is 0 Å². The first kappa shape index (κ1) is 14.8. The van der Waals surface area contributed by atoms with Crippen molar-refractivity contribution in [1.29, 1.82) is 0 Å². The molecule has 2 aliphatic rings. The van der Waals surface area contributed by atoms with Gasteiger partial charge in [0.15, 0.2) is 0 Å². The summed E-state index contributed by atoms with van der Waals surface area (Å²) in [5, 5.41) is 7.95. The first-order valence-electron chi connectivity index (χ1n) is 8.40. The Hall–Kier alpha value is -1.72. The van der Waals surface area contributed by atoms with Crippen molar-refractivity contribution in [3.05, 3.63) is 53.6 Å². The molecule has 1 N–H and O–H groups in total. The third-order valence-electron chi connectivity index (χ3n) is 5.20. The Labute approximate surface area is 136 Å². The first-order chi connectivity index (χ1) is 11.2. The molecule has 0 radical (unpaired) electrons. The van der Waals surface area contributed by atoms with Crippen LogP contribution < -0.4 is 5.32 Å². The minimum atomic E-state index is -0.195. The van der Waals surface area contributed by atoms with Gasteiger partial charge < -0.3 is 5.32 Å². The SMILES string of the molecule is Fc1ccc(Cn2cc(CN3CCC4(CCNC4)C3)cn2)cc1. The molecule has 0 amide bonds. The molecule has 3 heterocycles. The van der Waals surface area contributed by atoms with Crippen LogP contribution in [0.1, 0.15) is 24.0 Å². The Morgan fingerprint density at radius 2 is 2.00 bits per heavy atom. The largest absolute Gasteiger partial charge is 0.316 e. The lowest BCUT2D eigenvalue weighted by atomic mass is 9.87. The highest BCUT2D eigenvalue weighted by Crippen LogP contribution is 2.36. The molecule has 0 aliphatic carbocycles. The van der Waals surface area contributed by atoms with Gasteiger partial charge in [-0.2, -0.15) is 5.10 Å². The van der Waals surface area contributed by atoms with Crippen molar-refractivity contribution in [3.63, 3.8) is 0 Å². The Morgan fingerprint density at radius 1 is 1.13 bits per heavy atom. The molecule has 0 bridgehead atoms. The Kier molecular flexibility index (Phi) is 3.91. The van der Waals surface area contributed by atoms with Gasteiger partial charge in [-0.25, -0.2) is 4.39 Å². The van der Waals surface area contributed by atoms with Crippen molar-refractivity contribution in [2.75, 3.05) is 26.2 Å². The molecule has 2 aliphatic heterocycles. The fourth-order valence-corrected chi connectivity index (χ4v) is 3.92. The molecule has 1 aromatic carbocycles. The van der Waals surface area contributed by atoms with Gasteiger partial charge in [-0.15, -0.1) is 0 Å². The molecule has 1 unspecified atom stereocenters. The lowest BCUT2D eigenvalue weighted by Gasteiger charge is -2.22. The van der Waals surface area contributed by atoms with Gasteiger partial charge in [-0.05, 0) is 49.0 Å². The summed E-state index contributed by atoms with van der Waals surface area (Å²) in [6.45, 7) is 6.39. The third-order valence-corrected chi connectivity index (χ3v) is 5.20. The third kappa shape index (κ3) is 3.31. The van der Waals surface area contributed by atoms with Gasteiger partial charge in [0.25, 0.3) is 0 Å². The minimum Gasteiger partial charge on any atom is -0.316 e. The second-order valence-electron chi connectivity index (χ2n) is 7.06. The summed E-state index contributed by atoms with van der Waals surface area (Å²) < 4.78 is 14.9. The molecular weight excluding hydrogens is 291 g/mol. The van der Waals surface area contributed by atoms with E-state index in [0.717, 1.165) is 12.1 Å². The molecule has 2 saturated heterocycles. The van der Waals surface area contributed by atoms with E-state index >= 15 is 0 Å². The highest BCUT2D eigenvalue weighted by Gasteiger charge is 2.40. The predicted octanol–water partition coefficient (Wildman–Crippen LogP) is 2.26. The van der Waals surface area contributed by atoms with Gasteiger partial charge in [0.1, 0.15) is 5.82 Å². The number of benzene rings is 1. The fraction of sp³-hybridized carbons (Fsp3) is 0.500. The van der Waals surface area contributed by atoms with E-state index in [0.29, 0.717) is 12.0 Å². The number of hydrogen-bond donors (Lipinski definition) is 1. The lowest BCUT2D eigenvalue weighted by Crippen LogP contribution is -2.28. The summed E-state index contributed by atoms with van der Waals surface area (Å²) in [5.74, 6) is -0.195. The molecule has 2 aromatic rings. The molecule has 5 heteroatoms. The summed E-state index contributed by atoms with van der Waals surface area (Å²) in [7, 11) is 0. The summed E-state index contributed by atoms with van der Waals surface area (Å²) >= 11 is 0. The number of likely N-dealkylation sites (tertiary alicyclic amines) is 1. The first-order valence-corrected chi connectivity index (χ1v) is 8.40. The van der Waals surface area contributed by atoms with E-state index in [9.17, 15) is 4.39 Å². The standard InChI is InChI=1S/C18H23FN4/c19-17-3-1-15(2-4-17)11-23-12-16(9-21-23)10-22-8-6-18(14-22)5-7-20-13-18/h1-4,9,12,20H,5-8,10-11,13-14H2. The van der Waals surface area contributed by atoms with Crippen LogP contribution in [0.15, 0.2) is 36.7 Å². The molecule has 1 atom stereocenters. The van der Waals surface area contributed by atoms with Gasteiger partial charge in [0.05, 0.1) is 12.7 Å². The summed E-state index contributed by atoms with van der Waals surface area (Å²) in [6, 6.07) is 6.63. The van der Waals surface area contributed by atoms with Crippen molar-refractivity contribution in [2.24, 2.45) is 5.41 Å². The van der Waals surface area contributed by atoms with Gasteiger partial charge in [-0.3, -0.25) is 9.58 Å². The zero-order chi connectivity index (χ0) is 15.7. The second kappa shape index (κ2) is 6.06. The average Bonchev–Trinajstić information content (AvgIpc) is 3.27. The molecule has 1 aromatic heterocycles. The zero-order valence-electron chi connectivity index (χ0n) is 13.3. The van der Waals surface area contributed by atoms with Crippen LogP contribution in [0.4, 0.5) is 4.39 Å². The Balaban J connectivity index is 1.36. The van der Waals surface area contributed by atoms with Gasteiger partial charge >= 0.3 is 0 Å². The van der Waals surface area contributed by atoms with E-state index in [1.165, 1.54) is 56.7 Å². The maximum Gasteiger partial charge on any atom is 0.123 e. The number of nitrogens with zero attached hydrogens (tertiary/aromatic N) is 3. The van der Waals surface area contributed by atoms with Crippen LogP contribution in [0, 0.1) is 11.2 Å². The highest BCUT2D eigenvalue weighted by atomic mass is 19.1. The normalized spacial score (nSPS) is 24.7. The smallest absolute Gasteiger partial charge is 0.123 e. The molecule has 1 spiro atoms. The van der Waals surface area contributed by atoms with Crippen LogP contribution in [-0.2, 0) is 13.1 Å². The topological polar surface area (TPSA) is 33.1 Å². The predicted molar refractivity (Wildman–Crippen MR) is 87.5 cm³/mol. The molecule has 2 fully saturated rings. The summed E-state index contributed by atoms with van der Waals surface area (Å²) in [5.41, 5.74) is 2.85. The molecule has 4 rings (SSSR count). The molecular formula is C18H23FN4. The van der Waals surface area contributed by atoms with Crippen molar-refractivity contribution in [2.45, 2.75) is 25.9 Å². The molecule has 0 saturated carbocycles. The van der Waals surface area contributed by atoms with E-state index in [-0.39, 0.29) is 5.82 Å². The maximum absolute atomic E-state index is 13.0. The highest BCUT2D eigenvalue weighted by molar-refractivity contribution is 5.17. The lowest BCUT2D eigenvalue weighted by molar-refractivity contribution is 0.268. The number of hydrogen-bond acceptors (Lipinski definition) is 3. The molecule has 4 nitrogen and oxygen atoms in total. The zero-order valence-corrected chi connectivity index (χ0v) is 13.3. The van der Waals surface area contributed by atoms with Crippen LogP contribution in [0.2, 0.25) is 0 Å². The van der Waals surface area contributed by atoms with Crippen molar-refractivity contribution >= 4 is 0 Å². The van der Waals surface area contributed by atoms with Crippen LogP contribution >= 0.6 is 0 Å². The van der Waals surface area contributed by atoms with E-state index in [1.807, 2.05) is 23.0 Å². The van der Waals surface area contributed by atoms with Crippen molar-refractivity contribution < 1.29 is 4.39 Å². The van der Waals surface area contributed by atoms with Gasteiger partial charge in [0.2, 0.25) is 0 Å². The van der Waals surface area contributed by atoms with E-state index in [2.05, 4.69) is 21.5 Å².